The third kappa shape index (κ3) is 2.10. The molecule has 11 heavy (non-hydrogen) atoms. The van der Waals surface area contributed by atoms with Gasteiger partial charge in [0.15, 0.2) is 0 Å². The smallest absolute Gasteiger partial charge is 0.0656 e. The molecule has 0 amide bonds. The minimum atomic E-state index is 0.0683. The summed E-state index contributed by atoms with van der Waals surface area (Å²) in [4.78, 5) is 2.80. The van der Waals surface area contributed by atoms with E-state index in [9.17, 15) is 0 Å². The molecule has 1 aliphatic rings. The second kappa shape index (κ2) is 4.21. The van der Waals surface area contributed by atoms with Crippen LogP contribution < -0.4 is 0 Å². The van der Waals surface area contributed by atoms with Gasteiger partial charge in [-0.15, -0.1) is 0 Å². The van der Waals surface area contributed by atoms with Gasteiger partial charge < -0.3 is 4.74 Å². The second-order valence-electron chi connectivity index (χ2n) is 2.83. The van der Waals surface area contributed by atoms with Crippen molar-refractivity contribution >= 4 is 0 Å². The molecule has 0 saturated heterocycles. The van der Waals surface area contributed by atoms with E-state index in [0.29, 0.717) is 0 Å². The first-order chi connectivity index (χ1) is 5.38. The molecule has 0 radical (unpaired) electrons. The van der Waals surface area contributed by atoms with Crippen molar-refractivity contribution in [3.8, 4) is 0 Å². The molecule has 0 aromatic rings. The maximum atomic E-state index is 8.23. The Morgan fingerprint density at radius 2 is 2.18 bits per heavy atom. The number of hydrogen-bond acceptors (Lipinski definition) is 2. The highest BCUT2D eigenvalue weighted by Crippen LogP contribution is 2.23. The molecule has 0 spiro atoms. The van der Waals surface area contributed by atoms with Crippen molar-refractivity contribution in [2.45, 2.75) is 37.8 Å². The van der Waals surface area contributed by atoms with Crippen molar-refractivity contribution in [1.82, 2.24) is 0 Å². The molecule has 0 bridgehead atoms. The Bertz CT molecular complexity index is 165. The summed E-state index contributed by atoms with van der Waals surface area (Å²) >= 11 is 0. The van der Waals surface area contributed by atoms with Crippen LogP contribution >= 0.6 is 0 Å². The molecule has 1 aliphatic carbocycles. The first-order valence-electron chi connectivity index (χ1n) is 3.95. The van der Waals surface area contributed by atoms with E-state index in [2.05, 4.69) is 10.0 Å². The Kier molecular flexibility index (Phi) is 3.20. The molecule has 4 nitrogen and oxygen atoms in total. The third-order valence-corrected chi connectivity index (χ3v) is 2.17. The Labute approximate surface area is 66.2 Å². The van der Waals surface area contributed by atoms with E-state index in [4.69, 9.17) is 10.3 Å². The Hall–Kier alpha value is -0.730. The summed E-state index contributed by atoms with van der Waals surface area (Å²) in [5.74, 6) is 0. The van der Waals surface area contributed by atoms with Crippen LogP contribution in [-0.4, -0.2) is 19.3 Å². The number of azide groups is 1. The van der Waals surface area contributed by atoms with Crippen LogP contribution in [0.4, 0.5) is 0 Å². The van der Waals surface area contributed by atoms with Crippen LogP contribution in [0, 0.1) is 0 Å². The van der Waals surface area contributed by atoms with Crippen LogP contribution in [0.5, 0.6) is 0 Å². The van der Waals surface area contributed by atoms with Crippen molar-refractivity contribution in [1.29, 1.82) is 0 Å². The van der Waals surface area contributed by atoms with Gasteiger partial charge in [0.25, 0.3) is 0 Å². The topological polar surface area (TPSA) is 58.0 Å². The lowest BCUT2D eigenvalue weighted by atomic mass is 9.93. The minimum absolute atomic E-state index is 0.0683. The van der Waals surface area contributed by atoms with Gasteiger partial charge in [0, 0.05) is 12.0 Å². The lowest BCUT2D eigenvalue weighted by molar-refractivity contribution is 0.0547. The van der Waals surface area contributed by atoms with Crippen LogP contribution in [0.2, 0.25) is 0 Å². The van der Waals surface area contributed by atoms with Crippen molar-refractivity contribution in [2.24, 2.45) is 5.11 Å². The number of ether oxygens (including phenoxy) is 1. The van der Waals surface area contributed by atoms with Crippen molar-refractivity contribution in [3.63, 3.8) is 0 Å². The van der Waals surface area contributed by atoms with E-state index in [0.717, 1.165) is 19.3 Å². The molecule has 2 atom stereocenters. The highest BCUT2D eigenvalue weighted by Gasteiger charge is 2.23. The van der Waals surface area contributed by atoms with Gasteiger partial charge in [0.05, 0.1) is 12.1 Å². The van der Waals surface area contributed by atoms with Gasteiger partial charge in [-0.25, -0.2) is 0 Å². The molecule has 1 saturated carbocycles. The first kappa shape index (κ1) is 8.37. The highest BCUT2D eigenvalue weighted by atomic mass is 16.5. The van der Waals surface area contributed by atoms with Crippen molar-refractivity contribution in [3.05, 3.63) is 10.4 Å². The molecular weight excluding hydrogens is 142 g/mol. The standard InChI is InChI=1S/C7H13N3O/c1-11-7-5-3-2-4-6(7)9-10-8/h6-7H,2-5H2,1H3/t6-,7-/m0/s1. The largest absolute Gasteiger partial charge is 0.381 e. The van der Waals surface area contributed by atoms with Crippen LogP contribution in [0.15, 0.2) is 5.11 Å². The van der Waals surface area contributed by atoms with Gasteiger partial charge in [0.1, 0.15) is 0 Å². The van der Waals surface area contributed by atoms with Gasteiger partial charge >= 0.3 is 0 Å². The SMILES string of the molecule is CO[C@H]1CCCC[C@@H]1N=[N+]=[N-]. The second-order valence-corrected chi connectivity index (χ2v) is 2.83. The molecule has 0 heterocycles. The molecule has 0 aromatic carbocycles. The maximum absolute atomic E-state index is 8.23. The molecule has 4 heteroatoms. The third-order valence-electron chi connectivity index (χ3n) is 2.17. The fourth-order valence-corrected chi connectivity index (χ4v) is 1.55. The van der Waals surface area contributed by atoms with E-state index in [1.807, 2.05) is 0 Å². The van der Waals surface area contributed by atoms with Gasteiger partial charge in [-0.1, -0.05) is 18.0 Å². The van der Waals surface area contributed by atoms with Gasteiger partial charge in [-0.3, -0.25) is 0 Å². The van der Waals surface area contributed by atoms with E-state index in [1.165, 1.54) is 6.42 Å². The summed E-state index contributed by atoms with van der Waals surface area (Å²) in [7, 11) is 1.68. The van der Waals surface area contributed by atoms with E-state index < -0.39 is 0 Å². The highest BCUT2D eigenvalue weighted by molar-refractivity contribution is 4.81. The summed E-state index contributed by atoms with van der Waals surface area (Å²) in [6.45, 7) is 0. The van der Waals surface area contributed by atoms with Crippen LogP contribution in [-0.2, 0) is 4.74 Å². The van der Waals surface area contributed by atoms with Crippen molar-refractivity contribution < 1.29 is 4.74 Å². The maximum Gasteiger partial charge on any atom is 0.0656 e. The van der Waals surface area contributed by atoms with E-state index in [1.54, 1.807) is 7.11 Å². The van der Waals surface area contributed by atoms with E-state index in [-0.39, 0.29) is 12.1 Å². The Balaban J connectivity index is 2.50. The Morgan fingerprint density at radius 3 is 2.82 bits per heavy atom. The monoisotopic (exact) mass is 155 g/mol. The summed E-state index contributed by atoms with van der Waals surface area (Å²) in [5, 5.41) is 3.69. The number of hydrogen-bond donors (Lipinski definition) is 0. The molecule has 1 rings (SSSR count). The average Bonchev–Trinajstić information content (AvgIpc) is 2.06. The molecule has 62 valence electrons. The fourth-order valence-electron chi connectivity index (χ4n) is 1.55. The van der Waals surface area contributed by atoms with Crippen LogP contribution in [0.3, 0.4) is 0 Å². The first-order valence-corrected chi connectivity index (χ1v) is 3.95. The van der Waals surface area contributed by atoms with Crippen LogP contribution in [0.1, 0.15) is 25.7 Å². The zero-order valence-electron chi connectivity index (χ0n) is 6.73. The molecule has 0 aromatic heterocycles. The summed E-state index contributed by atoms with van der Waals surface area (Å²) in [6.07, 6.45) is 4.50. The van der Waals surface area contributed by atoms with Gasteiger partial charge in [-0.05, 0) is 18.4 Å². The predicted molar refractivity (Wildman–Crippen MR) is 42.2 cm³/mol. The Morgan fingerprint density at radius 1 is 1.45 bits per heavy atom. The quantitative estimate of drug-likeness (QED) is 0.342. The van der Waals surface area contributed by atoms with Crippen molar-refractivity contribution in [2.75, 3.05) is 7.11 Å². The molecule has 1 fully saturated rings. The van der Waals surface area contributed by atoms with Crippen LogP contribution in [0.25, 0.3) is 10.4 Å². The predicted octanol–water partition coefficient (Wildman–Crippen LogP) is 2.25. The van der Waals surface area contributed by atoms with Gasteiger partial charge in [0.2, 0.25) is 0 Å². The summed E-state index contributed by atoms with van der Waals surface area (Å²) in [5.41, 5.74) is 8.23. The normalized spacial score (nSPS) is 31.0. The molecule has 0 aliphatic heterocycles. The number of rotatable bonds is 2. The number of nitrogens with zero attached hydrogens (tertiary/aromatic N) is 3. The van der Waals surface area contributed by atoms with Gasteiger partial charge in [-0.2, -0.15) is 0 Å². The molecule has 0 unspecified atom stereocenters. The minimum Gasteiger partial charge on any atom is -0.381 e. The molecule has 0 N–H and O–H groups in total. The zero-order chi connectivity index (χ0) is 8.10. The summed E-state index contributed by atoms with van der Waals surface area (Å²) in [6, 6.07) is 0.0683. The molecular formula is C7H13N3O. The number of methoxy groups -OCH3 is 1. The average molecular weight is 155 g/mol. The summed E-state index contributed by atoms with van der Waals surface area (Å²) < 4.78 is 5.19. The van der Waals surface area contributed by atoms with E-state index >= 15 is 0 Å². The lowest BCUT2D eigenvalue weighted by Gasteiger charge is -2.26. The zero-order valence-corrected chi connectivity index (χ0v) is 6.73. The fraction of sp³-hybridized carbons (Fsp3) is 1.00. The lowest BCUT2D eigenvalue weighted by Crippen LogP contribution is -2.29.